The van der Waals surface area contributed by atoms with Gasteiger partial charge >= 0.3 is 0 Å². The van der Waals surface area contributed by atoms with Crippen molar-refractivity contribution in [3.63, 3.8) is 0 Å². The molecule has 2 aromatic rings. The number of H-pyrrole nitrogens is 1. The van der Waals surface area contributed by atoms with Crippen LogP contribution in [-0.4, -0.2) is 39.9 Å². The summed E-state index contributed by atoms with van der Waals surface area (Å²) in [7, 11) is 0. The fourth-order valence-electron chi connectivity index (χ4n) is 1.58. The molecule has 0 unspecified atom stereocenters. The molecule has 22 heavy (non-hydrogen) atoms. The second kappa shape index (κ2) is 7.74. The quantitative estimate of drug-likeness (QED) is 0.763. The molecule has 1 heterocycles. The van der Waals surface area contributed by atoms with E-state index in [9.17, 15) is 13.6 Å². The van der Waals surface area contributed by atoms with Gasteiger partial charge in [0.05, 0.1) is 5.75 Å². The van der Waals surface area contributed by atoms with Crippen molar-refractivity contribution in [2.75, 3.05) is 17.7 Å². The van der Waals surface area contributed by atoms with Crippen molar-refractivity contribution in [2.24, 2.45) is 0 Å². The predicted molar refractivity (Wildman–Crippen MR) is 78.4 cm³/mol. The van der Waals surface area contributed by atoms with Gasteiger partial charge in [-0.2, -0.15) is 5.10 Å². The molecule has 0 saturated heterocycles. The standard InChI is InChI=1S/C13H14F2N4O2S/c1-8-2-3-9(4-10(8)21-5-11(14)15)18-12(20)6-22-13-16-7-17-19-13/h2-4,7,11H,5-6H2,1H3,(H,18,20)(H,16,17,19). The molecule has 0 bridgehead atoms. The van der Waals surface area contributed by atoms with Gasteiger partial charge in [0.25, 0.3) is 6.43 Å². The van der Waals surface area contributed by atoms with Gasteiger partial charge in [-0.15, -0.1) is 0 Å². The summed E-state index contributed by atoms with van der Waals surface area (Å²) in [5, 5.41) is 9.52. The Morgan fingerprint density at radius 3 is 3.00 bits per heavy atom. The minimum absolute atomic E-state index is 0.149. The van der Waals surface area contributed by atoms with Gasteiger partial charge in [-0.25, -0.2) is 13.8 Å². The van der Waals surface area contributed by atoms with E-state index < -0.39 is 13.0 Å². The molecule has 0 radical (unpaired) electrons. The number of benzene rings is 1. The number of hydrogen-bond donors (Lipinski definition) is 2. The molecule has 6 nitrogen and oxygen atoms in total. The van der Waals surface area contributed by atoms with Crippen molar-refractivity contribution in [1.82, 2.24) is 15.2 Å². The monoisotopic (exact) mass is 328 g/mol. The van der Waals surface area contributed by atoms with Gasteiger partial charge in [-0.05, 0) is 18.6 Å². The van der Waals surface area contributed by atoms with Crippen LogP contribution in [0.1, 0.15) is 5.56 Å². The van der Waals surface area contributed by atoms with Gasteiger partial charge in [0.2, 0.25) is 5.91 Å². The van der Waals surface area contributed by atoms with Gasteiger partial charge in [0.15, 0.2) is 5.16 Å². The molecule has 0 spiro atoms. The van der Waals surface area contributed by atoms with E-state index in [-0.39, 0.29) is 11.7 Å². The van der Waals surface area contributed by atoms with Crippen LogP contribution in [0.2, 0.25) is 0 Å². The van der Waals surface area contributed by atoms with E-state index >= 15 is 0 Å². The van der Waals surface area contributed by atoms with Crippen LogP contribution in [0.5, 0.6) is 5.75 Å². The first-order chi connectivity index (χ1) is 10.5. The number of thioether (sulfide) groups is 1. The molecule has 1 aromatic heterocycles. The van der Waals surface area contributed by atoms with Crippen LogP contribution in [0.25, 0.3) is 0 Å². The van der Waals surface area contributed by atoms with Crippen LogP contribution in [0.15, 0.2) is 29.7 Å². The Morgan fingerprint density at radius 2 is 2.32 bits per heavy atom. The van der Waals surface area contributed by atoms with E-state index in [1.807, 2.05) is 0 Å². The average molecular weight is 328 g/mol. The van der Waals surface area contributed by atoms with E-state index in [4.69, 9.17) is 4.74 Å². The molecule has 2 rings (SSSR count). The Hall–Kier alpha value is -2.16. The lowest BCUT2D eigenvalue weighted by Gasteiger charge is -2.11. The van der Waals surface area contributed by atoms with Crippen molar-refractivity contribution < 1.29 is 18.3 Å². The Morgan fingerprint density at radius 1 is 1.50 bits per heavy atom. The molecule has 2 N–H and O–H groups in total. The van der Waals surface area contributed by atoms with Crippen molar-refractivity contribution in [3.8, 4) is 5.75 Å². The molecule has 0 aliphatic heterocycles. The number of ether oxygens (including phenoxy) is 1. The summed E-state index contributed by atoms with van der Waals surface area (Å²) >= 11 is 1.20. The fraction of sp³-hybridized carbons (Fsp3) is 0.308. The van der Waals surface area contributed by atoms with Gasteiger partial charge in [0.1, 0.15) is 18.7 Å². The smallest absolute Gasteiger partial charge is 0.272 e. The molecule has 0 aliphatic carbocycles. The largest absolute Gasteiger partial charge is 0.487 e. The molecule has 0 aliphatic rings. The third-order valence-electron chi connectivity index (χ3n) is 2.57. The Bertz CT molecular complexity index is 623. The summed E-state index contributed by atoms with van der Waals surface area (Å²) in [5.41, 5.74) is 1.20. The van der Waals surface area contributed by atoms with E-state index in [1.54, 1.807) is 19.1 Å². The van der Waals surface area contributed by atoms with E-state index in [1.165, 1.54) is 24.2 Å². The zero-order chi connectivity index (χ0) is 15.9. The lowest BCUT2D eigenvalue weighted by Crippen LogP contribution is -2.14. The Balaban J connectivity index is 1.91. The first-order valence-corrected chi connectivity index (χ1v) is 7.33. The summed E-state index contributed by atoms with van der Waals surface area (Å²) < 4.78 is 29.4. The van der Waals surface area contributed by atoms with Crippen LogP contribution >= 0.6 is 11.8 Å². The molecule has 118 valence electrons. The van der Waals surface area contributed by atoms with Crippen molar-refractivity contribution in [2.45, 2.75) is 18.5 Å². The maximum absolute atomic E-state index is 12.2. The zero-order valence-electron chi connectivity index (χ0n) is 11.7. The second-order valence-electron chi connectivity index (χ2n) is 4.31. The second-order valence-corrected chi connectivity index (χ2v) is 5.27. The van der Waals surface area contributed by atoms with Crippen LogP contribution in [0.4, 0.5) is 14.5 Å². The number of amides is 1. The highest BCUT2D eigenvalue weighted by Gasteiger charge is 2.09. The van der Waals surface area contributed by atoms with E-state index in [2.05, 4.69) is 20.5 Å². The highest BCUT2D eigenvalue weighted by molar-refractivity contribution is 7.99. The number of nitrogens with zero attached hydrogens (tertiary/aromatic N) is 2. The normalized spacial score (nSPS) is 10.7. The molecule has 0 atom stereocenters. The number of aromatic nitrogens is 3. The molecule has 1 amide bonds. The third kappa shape index (κ3) is 4.99. The zero-order valence-corrected chi connectivity index (χ0v) is 12.5. The van der Waals surface area contributed by atoms with Crippen LogP contribution in [-0.2, 0) is 4.79 Å². The number of aryl methyl sites for hydroxylation is 1. The third-order valence-corrected chi connectivity index (χ3v) is 3.45. The first kappa shape index (κ1) is 16.2. The maximum Gasteiger partial charge on any atom is 0.272 e. The number of halogens is 2. The number of nitrogens with one attached hydrogen (secondary N) is 2. The van der Waals surface area contributed by atoms with Crippen molar-refractivity contribution >= 4 is 23.4 Å². The number of carbonyl (C=O) groups excluding carboxylic acids is 1. The van der Waals surface area contributed by atoms with Gasteiger partial charge < -0.3 is 10.1 Å². The minimum Gasteiger partial charge on any atom is -0.487 e. The average Bonchev–Trinajstić information content (AvgIpc) is 2.99. The highest BCUT2D eigenvalue weighted by atomic mass is 32.2. The lowest BCUT2D eigenvalue weighted by molar-refractivity contribution is -0.113. The highest BCUT2D eigenvalue weighted by Crippen LogP contribution is 2.23. The predicted octanol–water partition coefficient (Wildman–Crippen LogP) is 2.49. The molecular weight excluding hydrogens is 314 g/mol. The molecule has 0 saturated carbocycles. The Kier molecular flexibility index (Phi) is 5.70. The maximum atomic E-state index is 12.2. The van der Waals surface area contributed by atoms with Gasteiger partial charge in [0, 0.05) is 11.8 Å². The van der Waals surface area contributed by atoms with Crippen molar-refractivity contribution in [3.05, 3.63) is 30.1 Å². The number of alkyl halides is 2. The number of aromatic amines is 1. The SMILES string of the molecule is Cc1ccc(NC(=O)CSc2ncn[nH]2)cc1OCC(F)F. The van der Waals surface area contributed by atoms with Gasteiger partial charge in [-0.1, -0.05) is 17.8 Å². The van der Waals surface area contributed by atoms with Crippen LogP contribution in [0.3, 0.4) is 0 Å². The van der Waals surface area contributed by atoms with Crippen LogP contribution in [0, 0.1) is 6.92 Å². The summed E-state index contributed by atoms with van der Waals surface area (Å²) in [4.78, 5) is 15.7. The topological polar surface area (TPSA) is 79.9 Å². The number of anilines is 1. The summed E-state index contributed by atoms with van der Waals surface area (Å²) in [6, 6.07) is 4.90. The van der Waals surface area contributed by atoms with E-state index in [0.29, 0.717) is 16.6 Å². The van der Waals surface area contributed by atoms with Crippen molar-refractivity contribution in [1.29, 1.82) is 0 Å². The Labute approximate surface area is 129 Å². The molecule has 9 heteroatoms. The number of rotatable bonds is 7. The molecular formula is C13H14F2N4O2S. The van der Waals surface area contributed by atoms with E-state index in [0.717, 1.165) is 5.56 Å². The lowest BCUT2D eigenvalue weighted by atomic mass is 10.2. The summed E-state index contributed by atoms with van der Waals surface area (Å²) in [6.45, 7) is 1.06. The number of hydrogen-bond acceptors (Lipinski definition) is 5. The first-order valence-electron chi connectivity index (χ1n) is 6.34. The van der Waals surface area contributed by atoms with Crippen LogP contribution < -0.4 is 10.1 Å². The summed E-state index contributed by atoms with van der Waals surface area (Å²) in [5.74, 6) is 0.224. The minimum atomic E-state index is -2.55. The molecule has 1 aromatic carbocycles. The number of carbonyl (C=O) groups is 1. The van der Waals surface area contributed by atoms with Gasteiger partial charge in [-0.3, -0.25) is 9.89 Å². The fourth-order valence-corrected chi connectivity index (χ4v) is 2.16. The summed E-state index contributed by atoms with van der Waals surface area (Å²) in [6.07, 6.45) is -1.19. The molecule has 0 fully saturated rings.